The Labute approximate surface area is 138 Å². The van der Waals surface area contributed by atoms with Crippen molar-refractivity contribution in [3.05, 3.63) is 34.9 Å². The number of aryl methyl sites for hydroxylation is 2. The summed E-state index contributed by atoms with van der Waals surface area (Å²) >= 11 is 0. The first-order valence-electron chi connectivity index (χ1n) is 7.65. The van der Waals surface area contributed by atoms with Crippen LogP contribution < -0.4 is 10.6 Å². The smallest absolute Gasteiger partial charge is 0.271 e. The van der Waals surface area contributed by atoms with Crippen LogP contribution in [0.4, 0.5) is 11.6 Å². The molecule has 0 bridgehead atoms. The van der Waals surface area contributed by atoms with E-state index in [-0.39, 0.29) is 14.7 Å². The average Bonchev–Trinajstić information content (AvgIpc) is 2.53. The van der Waals surface area contributed by atoms with Crippen LogP contribution >= 0.6 is 0 Å². The van der Waals surface area contributed by atoms with Crippen molar-refractivity contribution in [3.8, 4) is 0 Å². The van der Waals surface area contributed by atoms with E-state index in [2.05, 4.69) is 30.8 Å². The molecule has 2 rings (SSSR count). The van der Waals surface area contributed by atoms with Crippen LogP contribution in [0.25, 0.3) is 0 Å². The van der Waals surface area contributed by atoms with Crippen molar-refractivity contribution in [1.29, 1.82) is 0 Å². The number of hydrogen-bond acceptors (Lipinski definition) is 6. The van der Waals surface area contributed by atoms with Gasteiger partial charge < -0.3 is 10.6 Å². The summed E-state index contributed by atoms with van der Waals surface area (Å²) in [6.45, 7) is 7.95. The van der Waals surface area contributed by atoms with E-state index in [0.29, 0.717) is 17.3 Å². The molecule has 7 nitrogen and oxygen atoms in total. The minimum Gasteiger partial charge on any atom is -0.354 e. The molecular weight excluding hydrogens is 292 g/mol. The zero-order chi connectivity index (χ0) is 17.0. The van der Waals surface area contributed by atoms with E-state index in [1.165, 1.54) is 0 Å². The highest BCUT2D eigenvalue weighted by molar-refractivity contribution is 5.93. The van der Waals surface area contributed by atoms with Gasteiger partial charge in [0.15, 0.2) is 11.5 Å². The Bertz CT molecular complexity index is 724. The van der Waals surface area contributed by atoms with Crippen molar-refractivity contribution in [2.24, 2.45) is 0 Å². The normalized spacial score (nSPS) is 10.7. The Morgan fingerprint density at radius 1 is 1.22 bits per heavy atom. The summed E-state index contributed by atoms with van der Waals surface area (Å²) in [6.07, 6.45) is 0.759. The average molecular weight is 318 g/mol. The second-order valence-electron chi connectivity index (χ2n) is 5.56. The van der Waals surface area contributed by atoms with Gasteiger partial charge in [0, 0.05) is 28.1 Å². The third-order valence-electron chi connectivity index (χ3n) is 3.36. The van der Waals surface area contributed by atoms with E-state index < -0.39 is 0 Å². The SMILES string of the molecule is CCc1nc(C)cc(Nc2cc(C(C)C)c(C(=O)NC)nn2)n1.[HH].[HH]. The first-order valence-corrected chi connectivity index (χ1v) is 7.65. The molecule has 2 aromatic heterocycles. The summed E-state index contributed by atoms with van der Waals surface area (Å²) < 4.78 is 0. The highest BCUT2D eigenvalue weighted by atomic mass is 16.1. The summed E-state index contributed by atoms with van der Waals surface area (Å²) in [5, 5.41) is 13.9. The lowest BCUT2D eigenvalue weighted by molar-refractivity contribution is 0.0955. The first-order chi connectivity index (χ1) is 10.9. The number of hydrogen-bond donors (Lipinski definition) is 2. The topological polar surface area (TPSA) is 92.7 Å². The Morgan fingerprint density at radius 3 is 2.57 bits per heavy atom. The Kier molecular flexibility index (Phi) is 5.20. The molecule has 0 atom stereocenters. The lowest BCUT2D eigenvalue weighted by Gasteiger charge is -2.13. The molecule has 23 heavy (non-hydrogen) atoms. The van der Waals surface area contributed by atoms with E-state index >= 15 is 0 Å². The van der Waals surface area contributed by atoms with Gasteiger partial charge in [0.05, 0.1) is 0 Å². The molecule has 0 aliphatic rings. The third-order valence-corrected chi connectivity index (χ3v) is 3.36. The first kappa shape index (κ1) is 16.8. The molecule has 0 saturated carbocycles. The molecule has 0 aliphatic heterocycles. The van der Waals surface area contributed by atoms with Crippen molar-refractivity contribution in [3.63, 3.8) is 0 Å². The fourth-order valence-corrected chi connectivity index (χ4v) is 2.19. The van der Waals surface area contributed by atoms with Crippen molar-refractivity contribution in [2.75, 3.05) is 12.4 Å². The highest BCUT2D eigenvalue weighted by Crippen LogP contribution is 2.22. The van der Waals surface area contributed by atoms with Gasteiger partial charge in [0.1, 0.15) is 11.6 Å². The summed E-state index contributed by atoms with van der Waals surface area (Å²) in [5.41, 5.74) is 2.07. The largest absolute Gasteiger partial charge is 0.354 e. The number of anilines is 2. The molecule has 1 amide bonds. The lowest BCUT2D eigenvalue weighted by atomic mass is 10.0. The fourth-order valence-electron chi connectivity index (χ4n) is 2.19. The number of nitrogens with one attached hydrogen (secondary N) is 2. The number of rotatable bonds is 5. The van der Waals surface area contributed by atoms with E-state index in [0.717, 1.165) is 23.5 Å². The van der Waals surface area contributed by atoms with Crippen LogP contribution in [0.15, 0.2) is 12.1 Å². The molecule has 0 radical (unpaired) electrons. The van der Waals surface area contributed by atoms with Gasteiger partial charge in [-0.15, -0.1) is 10.2 Å². The molecule has 0 saturated heterocycles. The van der Waals surface area contributed by atoms with Gasteiger partial charge in [-0.05, 0) is 24.5 Å². The number of aromatic nitrogens is 4. The van der Waals surface area contributed by atoms with Crippen LogP contribution in [0.5, 0.6) is 0 Å². The summed E-state index contributed by atoms with van der Waals surface area (Å²) in [6, 6.07) is 3.69. The predicted octanol–water partition coefficient (Wildman–Crippen LogP) is 2.86. The molecule has 2 N–H and O–H groups in total. The number of carbonyl (C=O) groups is 1. The second kappa shape index (κ2) is 7.13. The van der Waals surface area contributed by atoms with Crippen molar-refractivity contribution in [2.45, 2.75) is 40.0 Å². The van der Waals surface area contributed by atoms with Gasteiger partial charge in [-0.2, -0.15) is 0 Å². The van der Waals surface area contributed by atoms with E-state index in [9.17, 15) is 4.79 Å². The van der Waals surface area contributed by atoms with Gasteiger partial charge >= 0.3 is 0 Å². The van der Waals surface area contributed by atoms with E-state index in [4.69, 9.17) is 0 Å². The van der Waals surface area contributed by atoms with Crippen LogP contribution in [0.3, 0.4) is 0 Å². The van der Waals surface area contributed by atoms with Crippen molar-refractivity contribution < 1.29 is 7.65 Å². The van der Waals surface area contributed by atoms with Gasteiger partial charge in [0.25, 0.3) is 5.91 Å². The minimum atomic E-state index is -0.237. The molecule has 0 fully saturated rings. The maximum Gasteiger partial charge on any atom is 0.271 e. The van der Waals surface area contributed by atoms with Crippen LogP contribution in [-0.2, 0) is 6.42 Å². The number of amides is 1. The van der Waals surface area contributed by atoms with Crippen molar-refractivity contribution >= 4 is 17.5 Å². The Balaban J connectivity index is 0.00000288. The van der Waals surface area contributed by atoms with Crippen LogP contribution in [0.2, 0.25) is 0 Å². The van der Waals surface area contributed by atoms with Crippen LogP contribution in [0, 0.1) is 6.92 Å². The van der Waals surface area contributed by atoms with E-state index in [1.54, 1.807) is 7.05 Å². The molecular formula is C16H26N6O. The number of nitrogens with zero attached hydrogens (tertiary/aromatic N) is 4. The van der Waals surface area contributed by atoms with Crippen molar-refractivity contribution in [1.82, 2.24) is 25.5 Å². The maximum absolute atomic E-state index is 11.9. The molecule has 2 aromatic rings. The summed E-state index contributed by atoms with van der Waals surface area (Å²) in [7, 11) is 1.58. The number of carbonyl (C=O) groups excluding carboxylic acids is 1. The molecule has 0 spiro atoms. The Morgan fingerprint density at radius 2 is 1.96 bits per heavy atom. The van der Waals surface area contributed by atoms with Gasteiger partial charge in [-0.25, -0.2) is 9.97 Å². The quantitative estimate of drug-likeness (QED) is 0.880. The maximum atomic E-state index is 11.9. The Hall–Kier alpha value is -2.57. The predicted molar refractivity (Wildman–Crippen MR) is 93.2 cm³/mol. The molecule has 0 unspecified atom stereocenters. The zero-order valence-electron chi connectivity index (χ0n) is 14.1. The lowest BCUT2D eigenvalue weighted by Crippen LogP contribution is -2.22. The fraction of sp³-hybridized carbons (Fsp3) is 0.438. The molecule has 2 heterocycles. The van der Waals surface area contributed by atoms with Gasteiger partial charge in [-0.1, -0.05) is 20.8 Å². The van der Waals surface area contributed by atoms with Gasteiger partial charge in [0.2, 0.25) is 0 Å². The standard InChI is InChI=1S/C16H22N6O.2H2/c1-6-12-18-10(4)7-13(19-12)20-14-8-11(9(2)3)15(22-21-14)16(23)17-5;;/h7-9H,6H2,1-5H3,(H,17,23)(H,18,19,20,21);2*1H. The highest BCUT2D eigenvalue weighted by Gasteiger charge is 2.16. The third kappa shape index (κ3) is 4.00. The van der Waals surface area contributed by atoms with E-state index in [1.807, 2.05) is 39.8 Å². The van der Waals surface area contributed by atoms with Gasteiger partial charge in [-0.3, -0.25) is 4.79 Å². The molecule has 0 aliphatic carbocycles. The van der Waals surface area contributed by atoms with Crippen LogP contribution in [-0.4, -0.2) is 33.1 Å². The summed E-state index contributed by atoms with van der Waals surface area (Å²) in [5.74, 6) is 1.91. The second-order valence-corrected chi connectivity index (χ2v) is 5.56. The van der Waals surface area contributed by atoms with Crippen LogP contribution in [0.1, 0.15) is 57.1 Å². The molecule has 7 heteroatoms. The zero-order valence-corrected chi connectivity index (χ0v) is 14.1. The monoisotopic (exact) mass is 318 g/mol. The summed E-state index contributed by atoms with van der Waals surface area (Å²) in [4.78, 5) is 20.7. The molecule has 0 aromatic carbocycles. The minimum absolute atomic E-state index is 0. The molecule has 126 valence electrons.